The second-order valence-electron chi connectivity index (χ2n) is 4.77. The Morgan fingerprint density at radius 2 is 1.67 bits per heavy atom. The first-order chi connectivity index (χ1) is 10.2. The van der Waals surface area contributed by atoms with E-state index in [2.05, 4.69) is 10.2 Å². The number of amides is 2. The number of anilines is 1. The number of benzene rings is 2. The number of carbonyl (C=O) groups excluding carboxylic acids is 2. The topological polar surface area (TPSA) is 86.3 Å². The molecule has 2 amide bonds. The van der Waals surface area contributed by atoms with Crippen LogP contribution in [0.25, 0.3) is 10.9 Å². The largest absolute Gasteiger partial charge is 0.508 e. The number of aromatic amines is 1. The number of phenols is 1. The summed E-state index contributed by atoms with van der Waals surface area (Å²) in [6.07, 6.45) is 0. The summed E-state index contributed by atoms with van der Waals surface area (Å²) < 4.78 is 0. The van der Waals surface area contributed by atoms with Crippen LogP contribution in [0.15, 0.2) is 42.5 Å². The van der Waals surface area contributed by atoms with Crippen LogP contribution in [0.5, 0.6) is 5.75 Å². The molecule has 1 aliphatic heterocycles. The molecule has 21 heavy (non-hydrogen) atoms. The lowest BCUT2D eigenvalue weighted by Gasteiger charge is -2.10. The van der Waals surface area contributed by atoms with Gasteiger partial charge < -0.3 is 5.11 Å². The van der Waals surface area contributed by atoms with Crippen LogP contribution in [0.1, 0.15) is 20.7 Å². The van der Waals surface area contributed by atoms with Crippen molar-refractivity contribution in [3.8, 4) is 5.75 Å². The minimum absolute atomic E-state index is 0.0433. The zero-order valence-corrected chi connectivity index (χ0v) is 10.7. The molecule has 0 saturated carbocycles. The lowest BCUT2D eigenvalue weighted by atomic mass is 10.1. The average Bonchev–Trinajstić information content (AvgIpc) is 3.00. The second-order valence-corrected chi connectivity index (χ2v) is 4.77. The van der Waals surface area contributed by atoms with E-state index in [1.165, 1.54) is 12.1 Å². The predicted octanol–water partition coefficient (Wildman–Crippen LogP) is 2.07. The maximum absolute atomic E-state index is 12.4. The van der Waals surface area contributed by atoms with Gasteiger partial charge in [0.25, 0.3) is 11.8 Å². The molecule has 0 aliphatic carbocycles. The van der Waals surface area contributed by atoms with E-state index >= 15 is 0 Å². The van der Waals surface area contributed by atoms with Gasteiger partial charge in [0, 0.05) is 5.39 Å². The number of imide groups is 1. The van der Waals surface area contributed by atoms with Gasteiger partial charge in [0.1, 0.15) is 5.75 Å². The number of nitrogens with zero attached hydrogens (tertiary/aromatic N) is 2. The monoisotopic (exact) mass is 279 g/mol. The second kappa shape index (κ2) is 3.92. The third-order valence-electron chi connectivity index (χ3n) is 3.53. The highest BCUT2D eigenvalue weighted by Gasteiger charge is 2.38. The molecular weight excluding hydrogens is 270 g/mol. The lowest BCUT2D eigenvalue weighted by Crippen LogP contribution is -2.29. The van der Waals surface area contributed by atoms with Gasteiger partial charge in [0.15, 0.2) is 5.82 Å². The third kappa shape index (κ3) is 1.50. The van der Waals surface area contributed by atoms with Crippen molar-refractivity contribution >= 4 is 28.5 Å². The molecule has 0 unspecified atom stereocenters. The summed E-state index contributed by atoms with van der Waals surface area (Å²) in [6, 6.07) is 11.3. The van der Waals surface area contributed by atoms with E-state index in [-0.39, 0.29) is 11.6 Å². The van der Waals surface area contributed by atoms with Gasteiger partial charge in [0.2, 0.25) is 0 Å². The van der Waals surface area contributed by atoms with Gasteiger partial charge >= 0.3 is 0 Å². The molecule has 4 rings (SSSR count). The first-order valence-corrected chi connectivity index (χ1v) is 6.32. The summed E-state index contributed by atoms with van der Waals surface area (Å²) in [4.78, 5) is 25.9. The molecule has 0 atom stereocenters. The summed E-state index contributed by atoms with van der Waals surface area (Å²) in [6.45, 7) is 0. The van der Waals surface area contributed by atoms with E-state index in [1.807, 2.05) is 0 Å². The molecule has 0 radical (unpaired) electrons. The number of fused-ring (bicyclic) bond motifs is 2. The maximum atomic E-state index is 12.4. The Balaban J connectivity index is 1.93. The van der Waals surface area contributed by atoms with Crippen molar-refractivity contribution in [3.63, 3.8) is 0 Å². The van der Waals surface area contributed by atoms with Crippen LogP contribution in [-0.2, 0) is 0 Å². The fourth-order valence-corrected chi connectivity index (χ4v) is 2.54. The van der Waals surface area contributed by atoms with Crippen molar-refractivity contribution in [1.29, 1.82) is 0 Å². The van der Waals surface area contributed by atoms with Gasteiger partial charge in [-0.3, -0.25) is 14.7 Å². The van der Waals surface area contributed by atoms with Crippen LogP contribution in [0.4, 0.5) is 5.82 Å². The van der Waals surface area contributed by atoms with E-state index in [0.29, 0.717) is 22.0 Å². The number of carbonyl (C=O) groups is 2. The van der Waals surface area contributed by atoms with Crippen molar-refractivity contribution in [1.82, 2.24) is 10.2 Å². The van der Waals surface area contributed by atoms with E-state index in [4.69, 9.17) is 0 Å². The third-order valence-corrected chi connectivity index (χ3v) is 3.53. The SMILES string of the molecule is O=C1c2ccccc2C(=O)N1c1n[nH]c2ccc(O)cc12. The molecule has 0 bridgehead atoms. The highest BCUT2D eigenvalue weighted by atomic mass is 16.3. The summed E-state index contributed by atoms with van der Waals surface area (Å²) in [7, 11) is 0. The summed E-state index contributed by atoms with van der Waals surface area (Å²) in [5, 5.41) is 16.9. The van der Waals surface area contributed by atoms with E-state index < -0.39 is 11.8 Å². The Bertz CT molecular complexity index is 878. The summed E-state index contributed by atoms with van der Waals surface area (Å²) >= 11 is 0. The van der Waals surface area contributed by atoms with Crippen molar-refractivity contribution < 1.29 is 14.7 Å². The number of hydrogen-bond donors (Lipinski definition) is 2. The minimum atomic E-state index is -0.410. The molecule has 6 heteroatoms. The predicted molar refractivity (Wildman–Crippen MR) is 75.3 cm³/mol. The van der Waals surface area contributed by atoms with Crippen molar-refractivity contribution in [2.24, 2.45) is 0 Å². The highest BCUT2D eigenvalue weighted by molar-refractivity contribution is 6.35. The Labute approximate surface area is 118 Å². The Morgan fingerprint density at radius 1 is 1.00 bits per heavy atom. The van der Waals surface area contributed by atoms with E-state index in [9.17, 15) is 14.7 Å². The van der Waals surface area contributed by atoms with Crippen molar-refractivity contribution in [2.45, 2.75) is 0 Å². The number of H-pyrrole nitrogens is 1. The van der Waals surface area contributed by atoms with Crippen LogP contribution in [0.3, 0.4) is 0 Å². The van der Waals surface area contributed by atoms with Crippen LogP contribution in [0.2, 0.25) is 0 Å². The number of hydrogen-bond acceptors (Lipinski definition) is 4. The molecular formula is C15H9N3O3. The van der Waals surface area contributed by atoms with Crippen LogP contribution >= 0.6 is 0 Å². The maximum Gasteiger partial charge on any atom is 0.267 e. The van der Waals surface area contributed by atoms with Gasteiger partial charge in [-0.25, -0.2) is 4.90 Å². The first kappa shape index (κ1) is 11.7. The van der Waals surface area contributed by atoms with Gasteiger partial charge in [-0.05, 0) is 30.3 Å². The molecule has 6 nitrogen and oxygen atoms in total. The van der Waals surface area contributed by atoms with Crippen LogP contribution in [-0.4, -0.2) is 27.1 Å². The van der Waals surface area contributed by atoms with Crippen LogP contribution in [0, 0.1) is 0 Å². The first-order valence-electron chi connectivity index (χ1n) is 6.32. The molecule has 0 saturated heterocycles. The van der Waals surface area contributed by atoms with Gasteiger partial charge in [0.05, 0.1) is 16.6 Å². The van der Waals surface area contributed by atoms with E-state index in [0.717, 1.165) is 4.90 Å². The average molecular weight is 279 g/mol. The number of aromatic nitrogens is 2. The minimum Gasteiger partial charge on any atom is -0.508 e. The van der Waals surface area contributed by atoms with Gasteiger partial charge in [-0.1, -0.05) is 12.1 Å². The molecule has 1 aromatic heterocycles. The Morgan fingerprint density at radius 3 is 2.33 bits per heavy atom. The summed E-state index contributed by atoms with van der Waals surface area (Å²) in [5.41, 5.74) is 1.36. The van der Waals surface area contributed by atoms with Gasteiger partial charge in [-0.2, -0.15) is 5.10 Å². The molecule has 3 aromatic rings. The van der Waals surface area contributed by atoms with Crippen molar-refractivity contribution in [2.75, 3.05) is 4.90 Å². The highest BCUT2D eigenvalue weighted by Crippen LogP contribution is 2.33. The standard InChI is InChI=1S/C15H9N3O3/c19-8-5-6-12-11(7-8)13(17-16-12)18-14(20)9-3-1-2-4-10(9)15(18)21/h1-7,19H,(H,16,17). The Kier molecular flexibility index (Phi) is 2.18. The molecule has 0 spiro atoms. The molecule has 2 N–H and O–H groups in total. The summed E-state index contributed by atoms with van der Waals surface area (Å²) in [5.74, 6) is -0.575. The van der Waals surface area contributed by atoms with E-state index in [1.54, 1.807) is 30.3 Å². The molecule has 2 heterocycles. The zero-order chi connectivity index (χ0) is 14.6. The smallest absolute Gasteiger partial charge is 0.267 e. The number of nitrogens with one attached hydrogen (secondary N) is 1. The fourth-order valence-electron chi connectivity index (χ4n) is 2.54. The lowest BCUT2D eigenvalue weighted by molar-refractivity contribution is 0.0925. The fraction of sp³-hybridized carbons (Fsp3) is 0. The van der Waals surface area contributed by atoms with Crippen LogP contribution < -0.4 is 4.90 Å². The zero-order valence-electron chi connectivity index (χ0n) is 10.7. The molecule has 102 valence electrons. The molecule has 2 aromatic carbocycles. The van der Waals surface area contributed by atoms with Gasteiger partial charge in [-0.15, -0.1) is 0 Å². The molecule has 0 fully saturated rings. The molecule has 1 aliphatic rings. The Hall–Kier alpha value is -3.15. The quantitative estimate of drug-likeness (QED) is 0.668. The van der Waals surface area contributed by atoms with Crippen molar-refractivity contribution in [3.05, 3.63) is 53.6 Å². The number of phenolic OH excluding ortho intramolecular Hbond substituents is 1. The number of aromatic hydroxyl groups is 1. The number of rotatable bonds is 1. The normalized spacial score (nSPS) is 14.0.